The van der Waals surface area contributed by atoms with Crippen LogP contribution in [-0.4, -0.2) is 36.4 Å². The molecular formula is C20H25N3O6S. The second-order valence-corrected chi connectivity index (χ2v) is 8.50. The molecule has 0 amide bonds. The third-order valence-corrected chi connectivity index (χ3v) is 5.63. The van der Waals surface area contributed by atoms with E-state index in [1.807, 2.05) is 0 Å². The fraction of sp³-hybridized carbons (Fsp3) is 0.400. The first-order chi connectivity index (χ1) is 14.2. The summed E-state index contributed by atoms with van der Waals surface area (Å²) in [6.45, 7) is 3.53. The standard InChI is InChI=1S/C20H25N3O6S/c1-4-15(2)29-18-8-5-7-17(13-18)16(3)22-30(26,27)12-6-11-28-14-23-10-9-19(24)21-20(23)25/h1,5,7-10,13,15-16,22H,6,11-12,14H2,2-3H3,(H,21,24,25)/t15-,16-/m1/s1. The van der Waals surface area contributed by atoms with Gasteiger partial charge in [-0.1, -0.05) is 18.1 Å². The molecule has 0 spiro atoms. The van der Waals surface area contributed by atoms with Crippen molar-refractivity contribution < 1.29 is 17.9 Å². The van der Waals surface area contributed by atoms with Crippen LogP contribution in [-0.2, 0) is 21.5 Å². The van der Waals surface area contributed by atoms with Gasteiger partial charge in [0.25, 0.3) is 5.56 Å². The molecule has 0 aliphatic heterocycles. The maximum atomic E-state index is 12.3. The average Bonchev–Trinajstić information content (AvgIpc) is 2.69. The molecule has 10 heteroatoms. The largest absolute Gasteiger partial charge is 0.478 e. The molecule has 0 aliphatic carbocycles. The number of benzene rings is 1. The zero-order chi connectivity index (χ0) is 22.1. The molecule has 162 valence electrons. The Balaban J connectivity index is 1.82. The first-order valence-corrected chi connectivity index (χ1v) is 11.0. The molecule has 0 fully saturated rings. The van der Waals surface area contributed by atoms with E-state index in [-0.39, 0.29) is 31.6 Å². The van der Waals surface area contributed by atoms with Gasteiger partial charge < -0.3 is 9.47 Å². The number of sulfonamides is 1. The molecule has 1 aromatic heterocycles. The molecule has 30 heavy (non-hydrogen) atoms. The molecule has 0 saturated heterocycles. The highest BCUT2D eigenvalue weighted by atomic mass is 32.2. The van der Waals surface area contributed by atoms with Gasteiger partial charge in [0.1, 0.15) is 12.5 Å². The Hall–Kier alpha value is -2.87. The summed E-state index contributed by atoms with van der Waals surface area (Å²) in [6.07, 6.45) is 6.47. The lowest BCUT2D eigenvalue weighted by Crippen LogP contribution is -2.30. The van der Waals surface area contributed by atoms with E-state index in [4.69, 9.17) is 15.9 Å². The maximum absolute atomic E-state index is 12.3. The van der Waals surface area contributed by atoms with Crippen molar-refractivity contribution in [3.63, 3.8) is 0 Å². The average molecular weight is 436 g/mol. The molecule has 0 unspecified atom stereocenters. The summed E-state index contributed by atoms with van der Waals surface area (Å²) in [6, 6.07) is 7.81. The number of nitrogens with zero attached hydrogens (tertiary/aromatic N) is 1. The number of aromatic amines is 1. The number of rotatable bonds is 11. The lowest BCUT2D eigenvalue weighted by atomic mass is 10.1. The topological polar surface area (TPSA) is 119 Å². The highest BCUT2D eigenvalue weighted by Crippen LogP contribution is 2.20. The Morgan fingerprint density at radius 1 is 1.27 bits per heavy atom. The highest BCUT2D eigenvalue weighted by Gasteiger charge is 2.16. The Labute approximate surface area is 175 Å². The number of hydrogen-bond donors (Lipinski definition) is 2. The quantitative estimate of drug-likeness (QED) is 0.401. The van der Waals surface area contributed by atoms with Gasteiger partial charge in [0.2, 0.25) is 10.0 Å². The zero-order valence-corrected chi connectivity index (χ0v) is 17.6. The Kier molecular flexibility index (Phi) is 8.41. The molecule has 0 aliphatic rings. The van der Waals surface area contributed by atoms with Gasteiger partial charge >= 0.3 is 5.69 Å². The van der Waals surface area contributed by atoms with E-state index in [1.165, 1.54) is 16.8 Å². The normalized spacial score (nSPS) is 13.4. The summed E-state index contributed by atoms with van der Waals surface area (Å²) in [4.78, 5) is 24.6. The molecule has 0 bridgehead atoms. The molecule has 1 aromatic carbocycles. The SMILES string of the molecule is C#C[C@@H](C)Oc1cccc([C@@H](C)NS(=O)(=O)CCCOCn2ccc(=O)[nH]c2=O)c1. The maximum Gasteiger partial charge on any atom is 0.330 e. The van der Waals surface area contributed by atoms with Crippen LogP contribution in [0.25, 0.3) is 0 Å². The van der Waals surface area contributed by atoms with Crippen LogP contribution >= 0.6 is 0 Å². The van der Waals surface area contributed by atoms with Crippen molar-refractivity contribution in [3.05, 3.63) is 62.9 Å². The Bertz CT molecular complexity index is 1100. The third kappa shape index (κ3) is 7.51. The van der Waals surface area contributed by atoms with Gasteiger partial charge in [-0.05, 0) is 38.0 Å². The Morgan fingerprint density at radius 3 is 2.73 bits per heavy atom. The minimum absolute atomic E-state index is 0.0810. The van der Waals surface area contributed by atoms with E-state index in [9.17, 15) is 18.0 Å². The van der Waals surface area contributed by atoms with E-state index in [0.717, 1.165) is 5.56 Å². The molecule has 9 nitrogen and oxygen atoms in total. The third-order valence-electron chi connectivity index (χ3n) is 4.09. The highest BCUT2D eigenvalue weighted by molar-refractivity contribution is 7.89. The van der Waals surface area contributed by atoms with Crippen molar-refractivity contribution in [2.75, 3.05) is 12.4 Å². The lowest BCUT2D eigenvalue weighted by molar-refractivity contribution is 0.0744. The predicted molar refractivity (Wildman–Crippen MR) is 113 cm³/mol. The molecule has 2 rings (SSSR count). The minimum atomic E-state index is -3.55. The summed E-state index contributed by atoms with van der Waals surface area (Å²) in [7, 11) is -3.55. The van der Waals surface area contributed by atoms with Gasteiger partial charge in [0.05, 0.1) is 5.75 Å². The van der Waals surface area contributed by atoms with Crippen LogP contribution in [0.5, 0.6) is 5.75 Å². The van der Waals surface area contributed by atoms with Gasteiger partial charge in [-0.3, -0.25) is 14.3 Å². The van der Waals surface area contributed by atoms with Crippen molar-refractivity contribution in [1.29, 1.82) is 0 Å². The van der Waals surface area contributed by atoms with Crippen LogP contribution in [0.4, 0.5) is 0 Å². The smallest absolute Gasteiger partial charge is 0.330 e. The molecule has 2 aromatic rings. The number of terminal acetylenes is 1. The second-order valence-electron chi connectivity index (χ2n) is 6.63. The zero-order valence-electron chi connectivity index (χ0n) is 16.8. The number of nitrogens with one attached hydrogen (secondary N) is 2. The van der Waals surface area contributed by atoms with Crippen molar-refractivity contribution >= 4 is 10.0 Å². The monoisotopic (exact) mass is 435 g/mol. The molecular weight excluding hydrogens is 410 g/mol. The van der Waals surface area contributed by atoms with Crippen LogP contribution in [0.1, 0.15) is 31.9 Å². The minimum Gasteiger partial charge on any atom is -0.478 e. The summed E-state index contributed by atoms with van der Waals surface area (Å²) in [5, 5.41) is 0. The van der Waals surface area contributed by atoms with Crippen molar-refractivity contribution in [3.8, 4) is 18.1 Å². The molecule has 2 atom stereocenters. The van der Waals surface area contributed by atoms with Gasteiger partial charge in [-0.25, -0.2) is 17.9 Å². The van der Waals surface area contributed by atoms with Crippen LogP contribution in [0.2, 0.25) is 0 Å². The lowest BCUT2D eigenvalue weighted by Gasteiger charge is -2.16. The van der Waals surface area contributed by atoms with Crippen molar-refractivity contribution in [2.45, 2.75) is 39.1 Å². The van der Waals surface area contributed by atoms with Gasteiger partial charge in [-0.2, -0.15) is 0 Å². The fourth-order valence-corrected chi connectivity index (χ4v) is 3.84. The first kappa shape index (κ1) is 23.4. The number of aromatic nitrogens is 2. The first-order valence-electron chi connectivity index (χ1n) is 9.30. The van der Waals surface area contributed by atoms with Crippen LogP contribution in [0, 0.1) is 12.3 Å². The van der Waals surface area contributed by atoms with Gasteiger partial charge in [0.15, 0.2) is 6.10 Å². The van der Waals surface area contributed by atoms with Crippen LogP contribution < -0.4 is 20.7 Å². The fourth-order valence-electron chi connectivity index (χ4n) is 2.55. The van der Waals surface area contributed by atoms with Crippen LogP contribution in [0.3, 0.4) is 0 Å². The molecule has 1 heterocycles. The Morgan fingerprint density at radius 2 is 2.03 bits per heavy atom. The van der Waals surface area contributed by atoms with Crippen molar-refractivity contribution in [1.82, 2.24) is 14.3 Å². The van der Waals surface area contributed by atoms with E-state index in [1.54, 1.807) is 38.1 Å². The molecule has 0 saturated carbocycles. The van der Waals surface area contributed by atoms with Gasteiger partial charge in [0, 0.05) is 24.9 Å². The summed E-state index contributed by atoms with van der Waals surface area (Å²) in [5.41, 5.74) is -0.340. The number of ether oxygens (including phenoxy) is 2. The summed E-state index contributed by atoms with van der Waals surface area (Å²) < 4.78 is 39.3. The summed E-state index contributed by atoms with van der Waals surface area (Å²) >= 11 is 0. The van der Waals surface area contributed by atoms with E-state index < -0.39 is 27.3 Å². The van der Waals surface area contributed by atoms with E-state index in [0.29, 0.717) is 5.75 Å². The van der Waals surface area contributed by atoms with Crippen molar-refractivity contribution in [2.24, 2.45) is 0 Å². The number of hydrogen-bond acceptors (Lipinski definition) is 6. The molecule has 0 radical (unpaired) electrons. The number of H-pyrrole nitrogens is 1. The van der Waals surface area contributed by atoms with Gasteiger partial charge in [-0.15, -0.1) is 6.42 Å². The second kappa shape index (κ2) is 10.8. The van der Waals surface area contributed by atoms with E-state index >= 15 is 0 Å². The molecule has 2 N–H and O–H groups in total. The predicted octanol–water partition coefficient (Wildman–Crippen LogP) is 0.982. The summed E-state index contributed by atoms with van der Waals surface area (Å²) in [5.74, 6) is 2.90. The van der Waals surface area contributed by atoms with E-state index in [2.05, 4.69) is 15.6 Å². The van der Waals surface area contributed by atoms with Crippen LogP contribution in [0.15, 0.2) is 46.1 Å².